The molecule has 0 spiro atoms. The quantitative estimate of drug-likeness (QED) is 0.375. The van der Waals surface area contributed by atoms with E-state index in [0.717, 1.165) is 0 Å². The van der Waals surface area contributed by atoms with Crippen molar-refractivity contribution < 1.29 is 29.0 Å². The van der Waals surface area contributed by atoms with Crippen molar-refractivity contribution in [1.82, 2.24) is 16.0 Å². The van der Waals surface area contributed by atoms with Crippen LogP contribution in [-0.2, 0) is 19.2 Å². The summed E-state index contributed by atoms with van der Waals surface area (Å²) < 4.78 is 5.14. The van der Waals surface area contributed by atoms with Gasteiger partial charge in [-0.25, -0.2) is 4.79 Å². The second-order valence-electron chi connectivity index (χ2n) is 9.72. The van der Waals surface area contributed by atoms with E-state index in [-0.39, 0.29) is 17.2 Å². The summed E-state index contributed by atoms with van der Waals surface area (Å²) in [5.74, 6) is -2.06. The fraction of sp³-hybridized carbons (Fsp3) is 0.462. The highest BCUT2D eigenvalue weighted by atomic mass is 16.5. The van der Waals surface area contributed by atoms with E-state index in [9.17, 15) is 24.3 Å². The van der Waals surface area contributed by atoms with Crippen LogP contribution in [0.3, 0.4) is 0 Å². The maximum Gasteiger partial charge on any atom is 0.331 e. The van der Waals surface area contributed by atoms with Crippen LogP contribution in [0.5, 0.6) is 5.75 Å². The van der Waals surface area contributed by atoms with Crippen molar-refractivity contribution in [2.45, 2.75) is 60.5 Å². The van der Waals surface area contributed by atoms with Crippen LogP contribution < -0.4 is 20.7 Å². The highest BCUT2D eigenvalue weighted by molar-refractivity contribution is 6.03. The van der Waals surface area contributed by atoms with Crippen LogP contribution in [0.25, 0.3) is 6.08 Å². The van der Waals surface area contributed by atoms with Gasteiger partial charge in [0.2, 0.25) is 11.8 Å². The molecule has 0 radical (unpaired) electrons. The molecule has 4 N–H and O–H groups in total. The first-order chi connectivity index (χ1) is 16.1. The van der Waals surface area contributed by atoms with E-state index in [2.05, 4.69) is 16.0 Å². The van der Waals surface area contributed by atoms with Crippen LogP contribution in [0.1, 0.15) is 54.0 Å². The first-order valence-corrected chi connectivity index (χ1v) is 11.3. The van der Waals surface area contributed by atoms with E-state index < -0.39 is 41.2 Å². The minimum Gasteiger partial charge on any atom is -0.497 e. The molecule has 0 unspecified atom stereocenters. The molecule has 35 heavy (non-hydrogen) atoms. The van der Waals surface area contributed by atoms with E-state index in [0.29, 0.717) is 11.3 Å². The van der Waals surface area contributed by atoms with Gasteiger partial charge < -0.3 is 25.8 Å². The molecule has 2 atom stereocenters. The first kappa shape index (κ1) is 29.4. The molecule has 0 aliphatic carbocycles. The van der Waals surface area contributed by atoms with Gasteiger partial charge in [-0.05, 0) is 42.0 Å². The lowest BCUT2D eigenvalue weighted by atomic mass is 9.85. The molecular formula is C26H37N3O6. The maximum absolute atomic E-state index is 13.2. The SMILES string of the molecule is COc1ccc(/C=C(\NC(C)=O)C(=O)N[C@H](C(=O)N[C@H](/C=C(\C)C(=O)O)C(C)C)C(C)(C)C)cc1. The summed E-state index contributed by atoms with van der Waals surface area (Å²) in [6, 6.07) is 5.38. The molecule has 0 fully saturated rings. The van der Waals surface area contributed by atoms with Gasteiger partial charge in [-0.3, -0.25) is 14.4 Å². The van der Waals surface area contributed by atoms with Gasteiger partial charge in [0.15, 0.2) is 0 Å². The lowest BCUT2D eigenvalue weighted by molar-refractivity contribution is -0.133. The topological polar surface area (TPSA) is 134 Å². The Morgan fingerprint density at radius 2 is 1.57 bits per heavy atom. The summed E-state index contributed by atoms with van der Waals surface area (Å²) in [4.78, 5) is 49.4. The zero-order valence-electron chi connectivity index (χ0n) is 21.7. The molecule has 1 rings (SSSR count). The second-order valence-corrected chi connectivity index (χ2v) is 9.72. The van der Waals surface area contributed by atoms with Crippen molar-refractivity contribution in [1.29, 1.82) is 0 Å². The number of carbonyl (C=O) groups is 4. The van der Waals surface area contributed by atoms with Crippen LogP contribution in [0.15, 0.2) is 41.6 Å². The van der Waals surface area contributed by atoms with Crippen LogP contribution in [0.4, 0.5) is 0 Å². The number of hydrogen-bond donors (Lipinski definition) is 4. The molecule has 0 aromatic heterocycles. The predicted octanol–water partition coefficient (Wildman–Crippen LogP) is 2.87. The van der Waals surface area contributed by atoms with Gasteiger partial charge in [0.25, 0.3) is 5.91 Å². The Morgan fingerprint density at radius 1 is 1.00 bits per heavy atom. The number of carboxylic acid groups (broad SMARTS) is 1. The van der Waals surface area contributed by atoms with E-state index in [4.69, 9.17) is 4.74 Å². The first-order valence-electron chi connectivity index (χ1n) is 11.3. The van der Waals surface area contributed by atoms with E-state index in [1.54, 1.807) is 52.1 Å². The third-order valence-electron chi connectivity index (χ3n) is 5.18. The zero-order chi connectivity index (χ0) is 26.9. The predicted molar refractivity (Wildman–Crippen MR) is 134 cm³/mol. The van der Waals surface area contributed by atoms with Gasteiger partial charge in [-0.1, -0.05) is 52.8 Å². The third-order valence-corrected chi connectivity index (χ3v) is 5.18. The summed E-state index contributed by atoms with van der Waals surface area (Å²) >= 11 is 0. The normalized spacial score (nSPS) is 14.1. The molecule has 0 heterocycles. The summed E-state index contributed by atoms with van der Waals surface area (Å²) in [5, 5.41) is 17.3. The average Bonchev–Trinajstić information content (AvgIpc) is 2.75. The van der Waals surface area contributed by atoms with Crippen LogP contribution in [-0.4, -0.2) is 48.0 Å². The Kier molecular flexibility index (Phi) is 10.7. The minimum atomic E-state index is -1.07. The van der Waals surface area contributed by atoms with Crippen molar-refractivity contribution in [2.24, 2.45) is 11.3 Å². The zero-order valence-corrected chi connectivity index (χ0v) is 21.7. The number of nitrogens with one attached hydrogen (secondary N) is 3. The highest BCUT2D eigenvalue weighted by Crippen LogP contribution is 2.21. The molecular weight excluding hydrogens is 450 g/mol. The van der Waals surface area contributed by atoms with Gasteiger partial charge in [0.1, 0.15) is 17.5 Å². The fourth-order valence-corrected chi connectivity index (χ4v) is 3.09. The summed E-state index contributed by atoms with van der Waals surface area (Å²) in [7, 11) is 1.54. The van der Waals surface area contributed by atoms with Crippen LogP contribution in [0.2, 0.25) is 0 Å². The van der Waals surface area contributed by atoms with Gasteiger partial charge in [0.05, 0.1) is 13.2 Å². The van der Waals surface area contributed by atoms with Crippen LogP contribution in [0, 0.1) is 11.3 Å². The number of benzene rings is 1. The molecule has 0 aliphatic heterocycles. The molecule has 0 saturated heterocycles. The van der Waals surface area contributed by atoms with Gasteiger partial charge >= 0.3 is 5.97 Å². The number of aliphatic carboxylic acids is 1. The highest BCUT2D eigenvalue weighted by Gasteiger charge is 2.34. The monoisotopic (exact) mass is 487 g/mol. The number of amides is 3. The van der Waals surface area contributed by atoms with E-state index in [1.807, 2.05) is 13.8 Å². The molecule has 3 amide bonds. The summed E-state index contributed by atoms with van der Waals surface area (Å²) in [6.45, 7) is 11.8. The number of carboxylic acids is 1. The molecule has 0 bridgehead atoms. The number of methoxy groups -OCH3 is 1. The number of carbonyl (C=O) groups excluding carboxylic acids is 3. The van der Waals surface area contributed by atoms with Gasteiger partial charge in [0, 0.05) is 12.5 Å². The summed E-state index contributed by atoms with van der Waals surface area (Å²) in [6.07, 6.45) is 2.99. The lowest BCUT2D eigenvalue weighted by Crippen LogP contribution is -2.56. The second kappa shape index (κ2) is 12.7. The standard InChI is InChI=1S/C26H37N3O6/c1-15(2)20(13-16(3)25(33)34)28-24(32)22(26(5,6)7)29-23(31)21(27-17(4)30)14-18-9-11-19(35-8)12-10-18/h9-15,20,22H,1-8H3,(H,27,30)(H,28,32)(H,29,31)(H,33,34)/b16-13+,21-14-/t20-,22-/m1/s1. The lowest BCUT2D eigenvalue weighted by Gasteiger charge is -2.32. The molecule has 0 saturated carbocycles. The van der Waals surface area contributed by atoms with Crippen molar-refractivity contribution >= 4 is 29.8 Å². The minimum absolute atomic E-state index is 0.0215. The third kappa shape index (κ3) is 9.64. The largest absolute Gasteiger partial charge is 0.497 e. The number of hydrogen-bond acceptors (Lipinski definition) is 5. The van der Waals surface area contributed by atoms with Crippen molar-refractivity contribution in [3.05, 3.63) is 47.2 Å². The van der Waals surface area contributed by atoms with Crippen molar-refractivity contribution in [3.8, 4) is 5.75 Å². The van der Waals surface area contributed by atoms with Crippen molar-refractivity contribution in [2.75, 3.05) is 7.11 Å². The van der Waals surface area contributed by atoms with Gasteiger partial charge in [-0.2, -0.15) is 0 Å². The fourth-order valence-electron chi connectivity index (χ4n) is 3.09. The molecule has 1 aromatic carbocycles. The Morgan fingerprint density at radius 3 is 2.00 bits per heavy atom. The molecule has 9 heteroatoms. The molecule has 9 nitrogen and oxygen atoms in total. The smallest absolute Gasteiger partial charge is 0.331 e. The van der Waals surface area contributed by atoms with E-state index in [1.165, 1.54) is 26.0 Å². The summed E-state index contributed by atoms with van der Waals surface area (Å²) in [5.41, 5.74) is 0.0481. The van der Waals surface area contributed by atoms with Crippen molar-refractivity contribution in [3.63, 3.8) is 0 Å². The van der Waals surface area contributed by atoms with E-state index >= 15 is 0 Å². The number of ether oxygens (including phenoxy) is 1. The number of rotatable bonds is 10. The maximum atomic E-state index is 13.2. The molecule has 0 aliphatic rings. The Balaban J connectivity index is 3.24. The Labute approximate surface area is 207 Å². The Hall–Kier alpha value is -3.62. The molecule has 192 valence electrons. The van der Waals surface area contributed by atoms with Crippen LogP contribution >= 0.6 is 0 Å². The Bertz CT molecular complexity index is 987. The van der Waals surface area contributed by atoms with Gasteiger partial charge in [-0.15, -0.1) is 0 Å². The molecule has 1 aromatic rings. The average molecular weight is 488 g/mol.